The molecule has 0 aliphatic carbocycles. The van der Waals surface area contributed by atoms with Crippen molar-refractivity contribution in [3.8, 4) is 11.5 Å². The number of carboxylic acid groups (broad SMARTS) is 1. The van der Waals surface area contributed by atoms with Crippen molar-refractivity contribution in [1.29, 1.82) is 0 Å². The van der Waals surface area contributed by atoms with E-state index in [-0.39, 0.29) is 18.5 Å². The number of benzene rings is 1. The van der Waals surface area contributed by atoms with Gasteiger partial charge in [-0.15, -0.1) is 0 Å². The number of aromatic nitrogens is 1. The van der Waals surface area contributed by atoms with Gasteiger partial charge in [-0.1, -0.05) is 11.8 Å². The minimum atomic E-state index is -0.906. The highest BCUT2D eigenvalue weighted by molar-refractivity contribution is 7.99. The molecule has 0 saturated carbocycles. The van der Waals surface area contributed by atoms with Crippen LogP contribution in [0.3, 0.4) is 0 Å². The van der Waals surface area contributed by atoms with E-state index in [1.54, 1.807) is 30.3 Å². The van der Waals surface area contributed by atoms with E-state index in [1.165, 1.54) is 6.20 Å². The summed E-state index contributed by atoms with van der Waals surface area (Å²) < 4.78 is 10.4. The Kier molecular flexibility index (Phi) is 4.33. The highest BCUT2D eigenvalue weighted by atomic mass is 32.2. The molecule has 0 unspecified atom stereocenters. The summed E-state index contributed by atoms with van der Waals surface area (Å²) in [5.41, 5.74) is 0.964. The van der Waals surface area contributed by atoms with E-state index < -0.39 is 5.97 Å². The lowest BCUT2D eigenvalue weighted by Crippen LogP contribution is -2.12. The van der Waals surface area contributed by atoms with Crippen molar-refractivity contribution < 1.29 is 24.2 Å². The van der Waals surface area contributed by atoms with Gasteiger partial charge in [0.1, 0.15) is 0 Å². The number of pyridine rings is 1. The van der Waals surface area contributed by atoms with E-state index >= 15 is 0 Å². The van der Waals surface area contributed by atoms with Crippen LogP contribution in [0.2, 0.25) is 0 Å². The average molecular weight is 332 g/mol. The molecule has 1 aliphatic rings. The topological polar surface area (TPSA) is 97.8 Å². The zero-order chi connectivity index (χ0) is 16.2. The molecule has 23 heavy (non-hydrogen) atoms. The molecule has 0 radical (unpaired) electrons. The van der Waals surface area contributed by atoms with Crippen molar-refractivity contribution in [2.45, 2.75) is 5.03 Å². The molecule has 7 nitrogen and oxygen atoms in total. The van der Waals surface area contributed by atoms with Crippen molar-refractivity contribution >= 4 is 29.3 Å². The number of hydrogen-bond acceptors (Lipinski definition) is 6. The molecule has 0 atom stereocenters. The quantitative estimate of drug-likeness (QED) is 0.810. The number of nitrogens with zero attached hydrogens (tertiary/aromatic N) is 1. The van der Waals surface area contributed by atoms with Crippen LogP contribution >= 0.6 is 11.8 Å². The number of fused-ring (bicyclic) bond motifs is 1. The average Bonchev–Trinajstić information content (AvgIpc) is 3.01. The zero-order valence-electron chi connectivity index (χ0n) is 11.8. The Balaban J connectivity index is 1.64. The standard InChI is InChI=1S/C15H12N2O5S/c18-14(19)7-23-13-4-2-10(6-16-13)17-15(20)9-1-3-11-12(5-9)22-8-21-11/h1-6H,7-8H2,(H,17,20)(H,18,19). The fourth-order valence-corrected chi connectivity index (χ4v) is 2.48. The fraction of sp³-hybridized carbons (Fsp3) is 0.133. The number of carbonyl (C=O) groups excluding carboxylic acids is 1. The molecule has 2 N–H and O–H groups in total. The minimum Gasteiger partial charge on any atom is -0.481 e. The smallest absolute Gasteiger partial charge is 0.313 e. The number of rotatable bonds is 5. The summed E-state index contributed by atoms with van der Waals surface area (Å²) in [4.78, 5) is 26.8. The Hall–Kier alpha value is -2.74. The van der Waals surface area contributed by atoms with Gasteiger partial charge in [-0.05, 0) is 30.3 Å². The number of carbonyl (C=O) groups is 2. The summed E-state index contributed by atoms with van der Waals surface area (Å²) in [6, 6.07) is 8.27. The van der Waals surface area contributed by atoms with E-state index in [4.69, 9.17) is 14.6 Å². The number of hydrogen-bond donors (Lipinski definition) is 2. The molecule has 0 fully saturated rings. The molecule has 0 spiro atoms. The number of thioether (sulfide) groups is 1. The van der Waals surface area contributed by atoms with Gasteiger partial charge in [-0.2, -0.15) is 0 Å². The monoisotopic (exact) mass is 332 g/mol. The second-order valence-corrected chi connectivity index (χ2v) is 5.59. The van der Waals surface area contributed by atoms with Crippen molar-refractivity contribution in [1.82, 2.24) is 4.98 Å². The Morgan fingerprint density at radius 3 is 2.78 bits per heavy atom. The van der Waals surface area contributed by atoms with Gasteiger partial charge >= 0.3 is 5.97 Å². The SMILES string of the molecule is O=C(O)CSc1ccc(NC(=O)c2ccc3c(c2)OCO3)cn1. The lowest BCUT2D eigenvalue weighted by Gasteiger charge is -2.06. The molecule has 118 valence electrons. The molecular formula is C15H12N2O5S. The Bertz CT molecular complexity index is 748. The molecule has 3 rings (SSSR count). The molecule has 8 heteroatoms. The number of amides is 1. The highest BCUT2D eigenvalue weighted by Gasteiger charge is 2.16. The maximum absolute atomic E-state index is 12.2. The van der Waals surface area contributed by atoms with Gasteiger partial charge in [0.25, 0.3) is 5.91 Å². The summed E-state index contributed by atoms with van der Waals surface area (Å²) in [7, 11) is 0. The Morgan fingerprint density at radius 2 is 2.04 bits per heavy atom. The van der Waals surface area contributed by atoms with Gasteiger partial charge in [0.05, 0.1) is 22.7 Å². The first-order chi connectivity index (χ1) is 11.1. The van der Waals surface area contributed by atoms with Crippen molar-refractivity contribution in [3.05, 3.63) is 42.1 Å². The minimum absolute atomic E-state index is 0.0596. The van der Waals surface area contributed by atoms with Crippen LogP contribution in [0.25, 0.3) is 0 Å². The van der Waals surface area contributed by atoms with Crippen LogP contribution < -0.4 is 14.8 Å². The van der Waals surface area contributed by atoms with Gasteiger partial charge in [0.2, 0.25) is 6.79 Å². The van der Waals surface area contributed by atoms with Crippen molar-refractivity contribution in [2.24, 2.45) is 0 Å². The lowest BCUT2D eigenvalue weighted by atomic mass is 10.2. The maximum Gasteiger partial charge on any atom is 0.313 e. The van der Waals surface area contributed by atoms with Crippen LogP contribution in [0.5, 0.6) is 11.5 Å². The number of nitrogens with one attached hydrogen (secondary N) is 1. The Labute approximate surface area is 135 Å². The van der Waals surface area contributed by atoms with E-state index in [0.29, 0.717) is 27.8 Å². The predicted octanol–water partition coefficient (Wildman–Crippen LogP) is 2.24. The zero-order valence-corrected chi connectivity index (χ0v) is 12.6. The molecule has 0 bridgehead atoms. The predicted molar refractivity (Wildman–Crippen MR) is 83.1 cm³/mol. The van der Waals surface area contributed by atoms with Crippen LogP contribution in [0.1, 0.15) is 10.4 Å². The van der Waals surface area contributed by atoms with Crippen LogP contribution in [-0.4, -0.2) is 34.5 Å². The van der Waals surface area contributed by atoms with E-state index in [0.717, 1.165) is 11.8 Å². The third-order valence-corrected chi connectivity index (χ3v) is 3.90. The number of carboxylic acids is 1. The van der Waals surface area contributed by atoms with E-state index in [1.807, 2.05) is 0 Å². The van der Waals surface area contributed by atoms with Gasteiger partial charge < -0.3 is 19.9 Å². The molecule has 2 heterocycles. The van der Waals surface area contributed by atoms with Gasteiger partial charge in [0.15, 0.2) is 11.5 Å². The van der Waals surface area contributed by atoms with Crippen LogP contribution in [0.4, 0.5) is 5.69 Å². The summed E-state index contributed by atoms with van der Waals surface area (Å²) >= 11 is 1.11. The van der Waals surface area contributed by atoms with Crippen LogP contribution in [0, 0.1) is 0 Å². The maximum atomic E-state index is 12.2. The largest absolute Gasteiger partial charge is 0.481 e. The van der Waals surface area contributed by atoms with Crippen LogP contribution in [0.15, 0.2) is 41.6 Å². The summed E-state index contributed by atoms with van der Waals surface area (Å²) in [6.07, 6.45) is 1.48. The molecule has 1 aromatic carbocycles. The second-order valence-electron chi connectivity index (χ2n) is 4.59. The first-order valence-electron chi connectivity index (χ1n) is 6.63. The van der Waals surface area contributed by atoms with Crippen LogP contribution in [-0.2, 0) is 4.79 Å². The highest BCUT2D eigenvalue weighted by Crippen LogP contribution is 2.32. The molecule has 1 aromatic heterocycles. The van der Waals surface area contributed by atoms with Gasteiger partial charge in [-0.3, -0.25) is 9.59 Å². The summed E-state index contributed by atoms with van der Waals surface area (Å²) in [5.74, 6) is -0.108. The second kappa shape index (κ2) is 6.57. The van der Waals surface area contributed by atoms with Gasteiger partial charge in [-0.25, -0.2) is 4.98 Å². The summed E-state index contributed by atoms with van der Waals surface area (Å²) in [5, 5.41) is 11.9. The third kappa shape index (κ3) is 3.72. The number of ether oxygens (including phenoxy) is 2. The number of aliphatic carboxylic acids is 1. The first kappa shape index (κ1) is 15.2. The normalized spacial score (nSPS) is 12.0. The Morgan fingerprint density at radius 1 is 1.22 bits per heavy atom. The molecule has 2 aromatic rings. The molecular weight excluding hydrogens is 320 g/mol. The van der Waals surface area contributed by atoms with E-state index in [9.17, 15) is 9.59 Å². The number of anilines is 1. The third-order valence-electron chi connectivity index (χ3n) is 2.97. The molecule has 1 aliphatic heterocycles. The summed E-state index contributed by atoms with van der Waals surface area (Å²) in [6.45, 7) is 0.153. The first-order valence-corrected chi connectivity index (χ1v) is 7.62. The van der Waals surface area contributed by atoms with Gasteiger partial charge in [0, 0.05) is 5.56 Å². The molecule has 0 saturated heterocycles. The fourth-order valence-electron chi connectivity index (χ4n) is 1.92. The lowest BCUT2D eigenvalue weighted by molar-refractivity contribution is -0.133. The molecule has 1 amide bonds. The van der Waals surface area contributed by atoms with Crippen molar-refractivity contribution in [2.75, 3.05) is 17.9 Å². The van der Waals surface area contributed by atoms with Crippen molar-refractivity contribution in [3.63, 3.8) is 0 Å². The van der Waals surface area contributed by atoms with E-state index in [2.05, 4.69) is 10.3 Å².